The summed E-state index contributed by atoms with van der Waals surface area (Å²) in [4.78, 5) is 8.21. The van der Waals surface area contributed by atoms with Crippen LogP contribution in [0.1, 0.15) is 0 Å². The molecule has 14 heavy (non-hydrogen) atoms. The largest absolute Gasteiger partial charge is 0.222 e. The maximum Gasteiger partial charge on any atom is 0.189 e. The van der Waals surface area contributed by atoms with Crippen LogP contribution in [-0.4, -0.2) is 16.2 Å². The van der Waals surface area contributed by atoms with Gasteiger partial charge in [0.05, 0.1) is 5.52 Å². The SMILES string of the molecule is CSc1nc(Cl)c2cc(F)ccc2n1. The first kappa shape index (κ1) is 9.68. The second-order valence-corrected chi connectivity index (χ2v) is 3.79. The van der Waals surface area contributed by atoms with E-state index in [2.05, 4.69) is 9.97 Å². The molecule has 72 valence electrons. The van der Waals surface area contributed by atoms with Crippen LogP contribution in [0.5, 0.6) is 0 Å². The Kier molecular flexibility index (Phi) is 2.56. The van der Waals surface area contributed by atoms with E-state index in [0.29, 0.717) is 21.2 Å². The zero-order chi connectivity index (χ0) is 10.1. The van der Waals surface area contributed by atoms with Crippen LogP contribution < -0.4 is 0 Å². The van der Waals surface area contributed by atoms with Crippen molar-refractivity contribution >= 4 is 34.3 Å². The zero-order valence-corrected chi connectivity index (χ0v) is 8.86. The molecule has 0 bridgehead atoms. The summed E-state index contributed by atoms with van der Waals surface area (Å²) in [5.74, 6) is -0.333. The van der Waals surface area contributed by atoms with E-state index in [0.717, 1.165) is 0 Å². The van der Waals surface area contributed by atoms with E-state index in [-0.39, 0.29) is 5.82 Å². The van der Waals surface area contributed by atoms with Crippen LogP contribution in [0.25, 0.3) is 10.9 Å². The Hall–Kier alpha value is -0.870. The Morgan fingerprint density at radius 3 is 2.86 bits per heavy atom. The monoisotopic (exact) mass is 228 g/mol. The highest BCUT2D eigenvalue weighted by Crippen LogP contribution is 2.23. The maximum atomic E-state index is 12.9. The summed E-state index contributed by atoms with van der Waals surface area (Å²) in [6, 6.07) is 4.29. The maximum absolute atomic E-state index is 12.9. The van der Waals surface area contributed by atoms with Crippen molar-refractivity contribution in [2.45, 2.75) is 5.16 Å². The fourth-order valence-electron chi connectivity index (χ4n) is 1.13. The first-order valence-corrected chi connectivity index (χ1v) is 5.48. The van der Waals surface area contributed by atoms with Crippen LogP contribution in [0.3, 0.4) is 0 Å². The summed E-state index contributed by atoms with van der Waals surface area (Å²) in [5.41, 5.74) is 0.663. The molecule has 0 radical (unpaired) electrons. The summed E-state index contributed by atoms with van der Waals surface area (Å²) in [6.07, 6.45) is 1.86. The van der Waals surface area contributed by atoms with E-state index >= 15 is 0 Å². The normalized spacial score (nSPS) is 10.8. The molecule has 5 heteroatoms. The number of halogens is 2. The minimum Gasteiger partial charge on any atom is -0.222 e. The van der Waals surface area contributed by atoms with E-state index in [9.17, 15) is 4.39 Å². The van der Waals surface area contributed by atoms with Crippen LogP contribution in [0.2, 0.25) is 5.15 Å². The highest BCUT2D eigenvalue weighted by molar-refractivity contribution is 7.98. The van der Waals surface area contributed by atoms with Crippen molar-refractivity contribution in [3.8, 4) is 0 Å². The lowest BCUT2D eigenvalue weighted by Crippen LogP contribution is -1.89. The van der Waals surface area contributed by atoms with Gasteiger partial charge in [0, 0.05) is 5.39 Å². The summed E-state index contributed by atoms with van der Waals surface area (Å²) in [7, 11) is 0. The number of nitrogens with zero attached hydrogens (tertiary/aromatic N) is 2. The van der Waals surface area contributed by atoms with Crippen molar-refractivity contribution in [1.82, 2.24) is 9.97 Å². The Labute approximate surface area is 89.5 Å². The molecule has 2 aromatic rings. The molecule has 0 aliphatic heterocycles. The van der Waals surface area contributed by atoms with E-state index < -0.39 is 0 Å². The van der Waals surface area contributed by atoms with Gasteiger partial charge < -0.3 is 0 Å². The van der Waals surface area contributed by atoms with Crippen LogP contribution in [-0.2, 0) is 0 Å². The molecule has 0 fully saturated rings. The van der Waals surface area contributed by atoms with Gasteiger partial charge in [0.15, 0.2) is 5.16 Å². The molecular weight excluding hydrogens is 223 g/mol. The molecule has 0 spiro atoms. The highest BCUT2D eigenvalue weighted by Gasteiger charge is 2.05. The van der Waals surface area contributed by atoms with Crippen molar-refractivity contribution in [2.75, 3.05) is 6.26 Å². The Morgan fingerprint density at radius 1 is 1.36 bits per heavy atom. The van der Waals surface area contributed by atoms with Gasteiger partial charge in [-0.3, -0.25) is 0 Å². The molecule has 0 aliphatic rings. The van der Waals surface area contributed by atoms with E-state index in [1.807, 2.05) is 6.26 Å². The van der Waals surface area contributed by atoms with Gasteiger partial charge in [-0.25, -0.2) is 14.4 Å². The molecule has 0 aliphatic carbocycles. The number of hydrogen-bond donors (Lipinski definition) is 0. The number of thioether (sulfide) groups is 1. The molecular formula is C9H6ClFN2S. The third kappa shape index (κ3) is 1.67. The van der Waals surface area contributed by atoms with Crippen LogP contribution in [0, 0.1) is 5.82 Å². The number of hydrogen-bond acceptors (Lipinski definition) is 3. The van der Waals surface area contributed by atoms with Crippen LogP contribution >= 0.6 is 23.4 Å². The molecule has 1 aromatic carbocycles. The number of fused-ring (bicyclic) bond motifs is 1. The van der Waals surface area contributed by atoms with E-state index in [4.69, 9.17) is 11.6 Å². The summed E-state index contributed by atoms with van der Waals surface area (Å²) in [6.45, 7) is 0. The molecule has 0 amide bonds. The predicted molar refractivity (Wildman–Crippen MR) is 56.3 cm³/mol. The summed E-state index contributed by atoms with van der Waals surface area (Å²) >= 11 is 7.28. The number of rotatable bonds is 1. The minimum absolute atomic E-state index is 0.291. The van der Waals surface area contributed by atoms with Gasteiger partial charge in [0.2, 0.25) is 0 Å². The minimum atomic E-state index is -0.333. The van der Waals surface area contributed by atoms with Crippen LogP contribution in [0.4, 0.5) is 4.39 Å². The van der Waals surface area contributed by atoms with Gasteiger partial charge in [0.25, 0.3) is 0 Å². The zero-order valence-electron chi connectivity index (χ0n) is 7.29. The topological polar surface area (TPSA) is 25.8 Å². The van der Waals surface area contributed by atoms with Crippen molar-refractivity contribution < 1.29 is 4.39 Å². The Balaban J connectivity index is 2.76. The average molecular weight is 229 g/mol. The molecule has 0 atom stereocenters. The van der Waals surface area contributed by atoms with Gasteiger partial charge in [-0.05, 0) is 24.5 Å². The lowest BCUT2D eigenvalue weighted by atomic mass is 10.2. The first-order chi connectivity index (χ1) is 6.70. The Morgan fingerprint density at radius 2 is 2.14 bits per heavy atom. The summed E-state index contributed by atoms with van der Waals surface area (Å²) in [5, 5.41) is 1.43. The standard InChI is InChI=1S/C9H6ClFN2S/c1-14-9-12-7-3-2-5(11)4-6(7)8(10)13-9/h2-4H,1H3. The quantitative estimate of drug-likeness (QED) is 0.426. The highest BCUT2D eigenvalue weighted by atomic mass is 35.5. The molecule has 0 saturated heterocycles. The van der Waals surface area contributed by atoms with Gasteiger partial charge in [-0.2, -0.15) is 0 Å². The molecule has 0 saturated carbocycles. The molecule has 2 rings (SSSR count). The number of benzene rings is 1. The molecule has 0 N–H and O–H groups in total. The van der Waals surface area contributed by atoms with Gasteiger partial charge in [-0.1, -0.05) is 23.4 Å². The van der Waals surface area contributed by atoms with Crippen molar-refractivity contribution in [3.05, 3.63) is 29.2 Å². The van der Waals surface area contributed by atoms with Crippen molar-refractivity contribution in [1.29, 1.82) is 0 Å². The van der Waals surface area contributed by atoms with Crippen LogP contribution in [0.15, 0.2) is 23.4 Å². The Bertz CT molecular complexity index is 489. The van der Waals surface area contributed by atoms with Crippen molar-refractivity contribution in [3.63, 3.8) is 0 Å². The van der Waals surface area contributed by atoms with E-state index in [1.54, 1.807) is 6.07 Å². The van der Waals surface area contributed by atoms with E-state index in [1.165, 1.54) is 23.9 Å². The third-order valence-corrected chi connectivity index (χ3v) is 2.61. The lowest BCUT2D eigenvalue weighted by molar-refractivity contribution is 0.629. The average Bonchev–Trinajstić information content (AvgIpc) is 2.19. The first-order valence-electron chi connectivity index (χ1n) is 3.87. The number of aromatic nitrogens is 2. The molecule has 1 aromatic heterocycles. The smallest absolute Gasteiger partial charge is 0.189 e. The van der Waals surface area contributed by atoms with Gasteiger partial charge in [-0.15, -0.1) is 0 Å². The van der Waals surface area contributed by atoms with Crippen molar-refractivity contribution in [2.24, 2.45) is 0 Å². The fraction of sp³-hybridized carbons (Fsp3) is 0.111. The third-order valence-electron chi connectivity index (χ3n) is 1.77. The predicted octanol–water partition coefficient (Wildman–Crippen LogP) is 3.14. The second kappa shape index (κ2) is 3.71. The fourth-order valence-corrected chi connectivity index (χ4v) is 1.79. The second-order valence-electron chi connectivity index (χ2n) is 2.66. The molecule has 0 unspecified atom stereocenters. The molecule has 2 nitrogen and oxygen atoms in total. The lowest BCUT2D eigenvalue weighted by Gasteiger charge is -2.01. The molecule has 1 heterocycles. The summed E-state index contributed by atoms with van der Waals surface area (Å²) < 4.78 is 12.9. The van der Waals surface area contributed by atoms with Gasteiger partial charge >= 0.3 is 0 Å². The van der Waals surface area contributed by atoms with Gasteiger partial charge in [0.1, 0.15) is 11.0 Å².